The van der Waals surface area contributed by atoms with Crippen LogP contribution in [0.2, 0.25) is 0 Å². The molecule has 0 fully saturated rings. The SMILES string of the molecule is CC(C)(C)c1ccc(-c2cc3c(F)cnc(-c4[c-]c(Oc5[c-]c(-c6ncc(C(F)(F)F)c7cc(-c8ccc(C(C)(C)C)cc8)oc67)cc(C(C)(C)C)c5)cc(C(C)(C)C)c4)c3o2)cc1.[Pt+2]. The van der Waals surface area contributed by atoms with Crippen molar-refractivity contribution in [2.75, 3.05) is 0 Å². The van der Waals surface area contributed by atoms with Gasteiger partial charge in [-0.25, -0.2) is 4.39 Å². The quantitative estimate of drug-likeness (QED) is 0.123. The van der Waals surface area contributed by atoms with Crippen molar-refractivity contribution in [3.63, 3.8) is 0 Å². The Balaban J connectivity index is 0.00000630. The third kappa shape index (κ3) is 9.72. The monoisotopic (exact) mass is 1060 g/mol. The van der Waals surface area contributed by atoms with Crippen molar-refractivity contribution in [1.82, 2.24) is 9.97 Å². The number of halogens is 4. The van der Waals surface area contributed by atoms with Gasteiger partial charge in [-0.05, 0) is 44.9 Å². The van der Waals surface area contributed by atoms with Gasteiger partial charge in [0.05, 0.1) is 17.1 Å². The van der Waals surface area contributed by atoms with Gasteiger partial charge >= 0.3 is 27.2 Å². The molecule has 0 unspecified atom stereocenters. The first kappa shape index (κ1) is 47.4. The summed E-state index contributed by atoms with van der Waals surface area (Å²) in [7, 11) is 0. The van der Waals surface area contributed by atoms with Crippen LogP contribution in [0, 0.1) is 17.9 Å². The molecule has 65 heavy (non-hydrogen) atoms. The number of ether oxygens (including phenoxy) is 1. The summed E-state index contributed by atoms with van der Waals surface area (Å²) in [6.45, 7) is 25.0. The molecule has 0 radical (unpaired) electrons. The zero-order valence-electron chi connectivity index (χ0n) is 38.7. The maximum absolute atomic E-state index is 15.5. The van der Waals surface area contributed by atoms with Crippen molar-refractivity contribution >= 4 is 21.9 Å². The van der Waals surface area contributed by atoms with Crippen LogP contribution in [-0.2, 0) is 48.9 Å². The summed E-state index contributed by atoms with van der Waals surface area (Å²) in [6.07, 6.45) is -2.65. The number of rotatable bonds is 6. The number of nitrogens with zero attached hydrogens (tertiary/aromatic N) is 2. The molecule has 338 valence electrons. The Hall–Kier alpha value is -5.53. The summed E-state index contributed by atoms with van der Waals surface area (Å²) in [6, 6.07) is 33.0. The molecule has 0 aliphatic heterocycles. The van der Waals surface area contributed by atoms with Gasteiger partial charge in [0, 0.05) is 45.6 Å². The number of fused-ring (bicyclic) bond motifs is 2. The zero-order chi connectivity index (χ0) is 46.3. The largest absolute Gasteiger partial charge is 2.00 e. The molecule has 8 aromatic rings. The van der Waals surface area contributed by atoms with Gasteiger partial charge in [-0.3, -0.25) is 4.98 Å². The Morgan fingerprint density at radius 1 is 0.492 bits per heavy atom. The van der Waals surface area contributed by atoms with Crippen molar-refractivity contribution in [1.29, 1.82) is 0 Å². The second kappa shape index (κ2) is 16.7. The molecule has 4 heterocycles. The number of furan rings is 2. The molecule has 0 amide bonds. The molecule has 0 atom stereocenters. The van der Waals surface area contributed by atoms with E-state index in [1.807, 2.05) is 93.6 Å². The van der Waals surface area contributed by atoms with Crippen molar-refractivity contribution in [3.05, 3.63) is 143 Å². The van der Waals surface area contributed by atoms with Crippen molar-refractivity contribution in [2.45, 2.75) is 111 Å². The Morgan fingerprint density at radius 2 is 0.877 bits per heavy atom. The van der Waals surface area contributed by atoms with Gasteiger partial charge in [0.2, 0.25) is 0 Å². The van der Waals surface area contributed by atoms with E-state index in [9.17, 15) is 13.2 Å². The molecular formula is C55H52F4N2O3Pt. The van der Waals surface area contributed by atoms with Crippen LogP contribution >= 0.6 is 0 Å². The maximum Gasteiger partial charge on any atom is 2.00 e. The molecule has 10 heteroatoms. The maximum atomic E-state index is 15.5. The number of aromatic nitrogens is 2. The second-order valence-electron chi connectivity index (χ2n) is 20.7. The Bertz CT molecular complexity index is 3040. The van der Waals surface area contributed by atoms with E-state index < -0.39 is 23.0 Å². The van der Waals surface area contributed by atoms with Crippen LogP contribution < -0.4 is 4.74 Å². The molecule has 0 aliphatic carbocycles. The van der Waals surface area contributed by atoms with Gasteiger partial charge < -0.3 is 18.6 Å². The molecule has 8 rings (SSSR count). The number of hydrogen-bond acceptors (Lipinski definition) is 5. The van der Waals surface area contributed by atoms with E-state index in [1.165, 1.54) is 12.3 Å². The Labute approximate surface area is 392 Å². The Kier molecular flexibility index (Phi) is 12.2. The predicted molar refractivity (Wildman–Crippen MR) is 247 cm³/mol. The summed E-state index contributed by atoms with van der Waals surface area (Å²) in [5.41, 5.74) is 5.29. The molecule has 0 spiro atoms. The van der Waals surface area contributed by atoms with Crippen LogP contribution in [0.5, 0.6) is 11.5 Å². The molecule has 0 saturated heterocycles. The van der Waals surface area contributed by atoms with Gasteiger partial charge in [0.25, 0.3) is 0 Å². The van der Waals surface area contributed by atoms with Crippen molar-refractivity contribution in [2.24, 2.45) is 0 Å². The molecule has 0 aliphatic rings. The fraction of sp³-hybridized carbons (Fsp3) is 0.309. The fourth-order valence-electron chi connectivity index (χ4n) is 7.62. The van der Waals surface area contributed by atoms with Crippen LogP contribution in [0.15, 0.2) is 106 Å². The van der Waals surface area contributed by atoms with Crippen LogP contribution in [0.4, 0.5) is 17.6 Å². The van der Waals surface area contributed by atoms with E-state index in [2.05, 4.69) is 84.4 Å². The van der Waals surface area contributed by atoms with E-state index in [-0.39, 0.29) is 76.5 Å². The van der Waals surface area contributed by atoms with Gasteiger partial charge in [-0.2, -0.15) is 13.2 Å². The summed E-state index contributed by atoms with van der Waals surface area (Å²) in [5, 5.41) is 0.174. The van der Waals surface area contributed by atoms with E-state index in [4.69, 9.17) is 13.6 Å². The zero-order valence-corrected chi connectivity index (χ0v) is 41.0. The molecule has 4 aromatic heterocycles. The Morgan fingerprint density at radius 3 is 1.28 bits per heavy atom. The normalized spacial score (nSPS) is 12.8. The van der Waals surface area contributed by atoms with Gasteiger partial charge in [-0.1, -0.05) is 156 Å². The van der Waals surface area contributed by atoms with Crippen LogP contribution in [0.25, 0.3) is 67.1 Å². The van der Waals surface area contributed by atoms with Crippen LogP contribution in [0.3, 0.4) is 0 Å². The molecule has 0 N–H and O–H groups in total. The average Bonchev–Trinajstić information content (AvgIpc) is 3.86. The van der Waals surface area contributed by atoms with Gasteiger partial charge in [0.15, 0.2) is 5.82 Å². The average molecular weight is 1060 g/mol. The van der Waals surface area contributed by atoms with E-state index in [0.29, 0.717) is 33.9 Å². The third-order valence-electron chi connectivity index (χ3n) is 11.6. The first-order valence-corrected chi connectivity index (χ1v) is 21.4. The van der Waals surface area contributed by atoms with E-state index in [0.717, 1.165) is 34.0 Å². The second-order valence-corrected chi connectivity index (χ2v) is 20.7. The van der Waals surface area contributed by atoms with Gasteiger partial charge in [0.1, 0.15) is 22.7 Å². The van der Waals surface area contributed by atoms with E-state index in [1.54, 1.807) is 6.07 Å². The molecule has 4 aromatic carbocycles. The molecule has 5 nitrogen and oxygen atoms in total. The number of pyridine rings is 2. The minimum atomic E-state index is -4.68. The van der Waals surface area contributed by atoms with Crippen molar-refractivity contribution in [3.8, 4) is 56.7 Å². The molecular weight excluding hydrogens is 1010 g/mol. The van der Waals surface area contributed by atoms with Crippen LogP contribution in [-0.4, -0.2) is 9.97 Å². The molecule has 0 bridgehead atoms. The van der Waals surface area contributed by atoms with E-state index >= 15 is 4.39 Å². The minimum absolute atomic E-state index is 0. The van der Waals surface area contributed by atoms with Crippen LogP contribution in [0.1, 0.15) is 111 Å². The predicted octanol–water partition coefficient (Wildman–Crippen LogP) is 16.4. The first-order chi connectivity index (χ1) is 29.7. The summed E-state index contributed by atoms with van der Waals surface area (Å²) < 4.78 is 78.5. The summed E-state index contributed by atoms with van der Waals surface area (Å²) in [5.74, 6) is 0.875. The fourth-order valence-corrected chi connectivity index (χ4v) is 7.62. The first-order valence-electron chi connectivity index (χ1n) is 21.4. The molecule has 0 saturated carbocycles. The minimum Gasteiger partial charge on any atom is -0.497 e. The third-order valence-corrected chi connectivity index (χ3v) is 11.6. The number of benzene rings is 4. The number of hydrogen-bond donors (Lipinski definition) is 0. The van der Waals surface area contributed by atoms with Crippen molar-refractivity contribution < 1.29 is 52.2 Å². The summed E-state index contributed by atoms with van der Waals surface area (Å²) >= 11 is 0. The summed E-state index contributed by atoms with van der Waals surface area (Å²) in [4.78, 5) is 8.92. The topological polar surface area (TPSA) is 61.3 Å². The van der Waals surface area contributed by atoms with Gasteiger partial charge in [-0.15, -0.1) is 34.4 Å². The number of alkyl halides is 3. The standard InChI is InChI=1S/C55H52F4N2O3.Pt/c1-51(2,3)35-17-13-31(14-18-35)45-27-41-43(55(57,58)59)29-60-47(49(41)63-45)33-21-37(53(7,8)9)25-39(23-33)62-40-24-34(22-38(26-40)54(10,11)12)48-50-42(44(56)30-61-48)28-46(64-50)32-15-19-36(20-16-32)52(4,5)6;/h13-22,25-30H,1-12H3;/q-2;+2. The smallest absolute Gasteiger partial charge is 0.497 e.